The number of likely N-dealkylation sites (N-methyl/N-ethyl adjacent to an activating group) is 1. The molecule has 6 nitrogen and oxygen atoms in total. The molecule has 8 heteroatoms. The minimum atomic E-state index is -3.60. The van der Waals surface area contributed by atoms with Crippen molar-refractivity contribution in [1.82, 2.24) is 9.21 Å². The van der Waals surface area contributed by atoms with Crippen molar-refractivity contribution in [2.45, 2.75) is 29.9 Å². The Morgan fingerprint density at radius 2 is 1.88 bits per heavy atom. The Bertz CT molecular complexity index is 778. The van der Waals surface area contributed by atoms with Crippen LogP contribution in [0.2, 0.25) is 5.02 Å². The fourth-order valence-corrected chi connectivity index (χ4v) is 5.32. The molecule has 1 aromatic carbocycles. The number of carbonyl (C=O) groups is 1. The number of halogens is 1. The highest BCUT2D eigenvalue weighted by Gasteiger charge is 2.54. The summed E-state index contributed by atoms with van der Waals surface area (Å²) in [7, 11) is -1.86. The van der Waals surface area contributed by atoms with Crippen LogP contribution in [0.1, 0.15) is 12.8 Å². The quantitative estimate of drug-likeness (QED) is 0.773. The van der Waals surface area contributed by atoms with Crippen LogP contribution >= 0.6 is 11.6 Å². The summed E-state index contributed by atoms with van der Waals surface area (Å²) >= 11 is 5.85. The van der Waals surface area contributed by atoms with Crippen molar-refractivity contribution in [3.05, 3.63) is 29.3 Å². The van der Waals surface area contributed by atoms with Crippen LogP contribution < -0.4 is 0 Å². The third-order valence-electron chi connectivity index (χ3n) is 5.44. The number of amides is 1. The normalized spacial score (nSPS) is 30.1. The van der Waals surface area contributed by atoms with Crippen molar-refractivity contribution >= 4 is 27.5 Å². The van der Waals surface area contributed by atoms with Gasteiger partial charge in [0.15, 0.2) is 0 Å². The van der Waals surface area contributed by atoms with Gasteiger partial charge in [0.05, 0.1) is 17.5 Å². The molecule has 3 fully saturated rings. The van der Waals surface area contributed by atoms with Crippen molar-refractivity contribution in [2.75, 3.05) is 26.7 Å². The third-order valence-corrected chi connectivity index (χ3v) is 7.53. The molecular formula is C17H21ClN2O4S. The topological polar surface area (TPSA) is 66.9 Å². The zero-order chi connectivity index (χ0) is 17.8. The van der Waals surface area contributed by atoms with Crippen LogP contribution in [0.25, 0.3) is 0 Å². The third kappa shape index (κ3) is 3.07. The predicted octanol–water partition coefficient (Wildman–Crippen LogP) is 1.60. The summed E-state index contributed by atoms with van der Waals surface area (Å²) in [6.45, 7) is 1.21. The standard InChI is InChI=1S/C17H21ClN2O4S/c1-19-15-9-20(25(22,23)13-6-4-12(18)5-7-13)8-14(15)16(17(19)21)24-10-11-2-3-11/h4-7,11,14-16H,2-3,8-10H2,1H3/t14-,15+,16-/m0/s1. The molecule has 136 valence electrons. The number of fused-ring (bicyclic) bond motifs is 1. The van der Waals surface area contributed by atoms with E-state index in [0.717, 1.165) is 12.8 Å². The maximum Gasteiger partial charge on any atom is 0.252 e. The van der Waals surface area contributed by atoms with Gasteiger partial charge in [-0.25, -0.2) is 8.42 Å². The molecule has 0 spiro atoms. The molecule has 1 amide bonds. The average Bonchev–Trinajstić information content (AvgIpc) is 3.25. The lowest BCUT2D eigenvalue weighted by molar-refractivity contribution is -0.138. The Labute approximate surface area is 152 Å². The summed E-state index contributed by atoms with van der Waals surface area (Å²) in [6.07, 6.45) is 1.78. The first-order valence-electron chi connectivity index (χ1n) is 8.52. The maximum atomic E-state index is 12.9. The van der Waals surface area contributed by atoms with Crippen molar-refractivity contribution in [3.8, 4) is 0 Å². The molecule has 0 radical (unpaired) electrons. The van der Waals surface area contributed by atoms with Crippen molar-refractivity contribution < 1.29 is 17.9 Å². The molecule has 2 saturated heterocycles. The summed E-state index contributed by atoms with van der Waals surface area (Å²) < 4.78 is 33.1. The molecule has 0 unspecified atom stereocenters. The van der Waals surface area contributed by atoms with Gasteiger partial charge in [0.1, 0.15) is 6.10 Å². The van der Waals surface area contributed by atoms with E-state index in [1.54, 1.807) is 24.1 Å². The highest BCUT2D eigenvalue weighted by atomic mass is 35.5. The van der Waals surface area contributed by atoms with Gasteiger partial charge < -0.3 is 9.64 Å². The summed E-state index contributed by atoms with van der Waals surface area (Å²) in [4.78, 5) is 14.3. The number of benzene rings is 1. The van der Waals surface area contributed by atoms with Crippen LogP contribution in [0.15, 0.2) is 29.2 Å². The molecule has 3 atom stereocenters. The maximum absolute atomic E-state index is 12.9. The first-order valence-corrected chi connectivity index (χ1v) is 10.3. The number of hydrogen-bond acceptors (Lipinski definition) is 4. The van der Waals surface area contributed by atoms with Crippen LogP contribution in [0.4, 0.5) is 0 Å². The van der Waals surface area contributed by atoms with Crippen LogP contribution in [0.5, 0.6) is 0 Å². The summed E-state index contributed by atoms with van der Waals surface area (Å²) in [5, 5.41) is 0.496. The van der Waals surface area contributed by atoms with E-state index in [2.05, 4.69) is 0 Å². The average molecular weight is 385 g/mol. The molecule has 2 aliphatic heterocycles. The lowest BCUT2D eigenvalue weighted by Gasteiger charge is -2.22. The van der Waals surface area contributed by atoms with Gasteiger partial charge in [-0.05, 0) is 43.0 Å². The Morgan fingerprint density at radius 3 is 2.52 bits per heavy atom. The number of likely N-dealkylation sites (tertiary alicyclic amines) is 1. The smallest absolute Gasteiger partial charge is 0.252 e. The second-order valence-corrected chi connectivity index (χ2v) is 9.53. The second kappa shape index (κ2) is 6.23. The van der Waals surface area contributed by atoms with Gasteiger partial charge in [-0.1, -0.05) is 11.6 Å². The number of rotatable bonds is 5. The first-order chi connectivity index (χ1) is 11.9. The zero-order valence-electron chi connectivity index (χ0n) is 14.0. The Kier molecular flexibility index (Phi) is 4.30. The molecule has 25 heavy (non-hydrogen) atoms. The molecule has 1 saturated carbocycles. The fourth-order valence-electron chi connectivity index (χ4n) is 3.70. The van der Waals surface area contributed by atoms with Crippen LogP contribution in [0, 0.1) is 11.8 Å². The Hall–Kier alpha value is -1.15. The van der Waals surface area contributed by atoms with Crippen molar-refractivity contribution in [3.63, 3.8) is 0 Å². The van der Waals surface area contributed by atoms with Gasteiger partial charge >= 0.3 is 0 Å². The number of sulfonamides is 1. The zero-order valence-corrected chi connectivity index (χ0v) is 15.5. The summed E-state index contributed by atoms with van der Waals surface area (Å²) in [6, 6.07) is 6.05. The van der Waals surface area contributed by atoms with Crippen molar-refractivity contribution in [1.29, 1.82) is 0 Å². The van der Waals surface area contributed by atoms with Crippen LogP contribution in [0.3, 0.4) is 0 Å². The summed E-state index contributed by atoms with van der Waals surface area (Å²) in [5.74, 6) is 0.421. The van der Waals surface area contributed by atoms with E-state index < -0.39 is 16.1 Å². The SMILES string of the molecule is CN1C(=O)[C@@H](OCC2CC2)[C@H]2CN(S(=O)(=O)c3ccc(Cl)cc3)C[C@H]21. The van der Waals surface area contributed by atoms with Crippen LogP contribution in [-0.2, 0) is 19.6 Å². The van der Waals surface area contributed by atoms with Gasteiger partial charge in [-0.15, -0.1) is 0 Å². The molecule has 0 aromatic heterocycles. The molecule has 3 aliphatic rings. The number of carbonyl (C=O) groups excluding carboxylic acids is 1. The first kappa shape index (κ1) is 17.3. The Morgan fingerprint density at radius 1 is 1.20 bits per heavy atom. The molecule has 4 rings (SSSR count). The van der Waals surface area contributed by atoms with Gasteiger partial charge in [0.2, 0.25) is 10.0 Å². The molecule has 0 N–H and O–H groups in total. The second-order valence-electron chi connectivity index (χ2n) is 7.15. The van der Waals surface area contributed by atoms with E-state index in [0.29, 0.717) is 30.6 Å². The van der Waals surface area contributed by atoms with E-state index in [1.807, 2.05) is 0 Å². The van der Waals surface area contributed by atoms with E-state index in [4.69, 9.17) is 16.3 Å². The van der Waals surface area contributed by atoms with Gasteiger partial charge in [0.25, 0.3) is 5.91 Å². The van der Waals surface area contributed by atoms with Gasteiger partial charge in [-0.3, -0.25) is 4.79 Å². The monoisotopic (exact) mass is 384 g/mol. The van der Waals surface area contributed by atoms with Gasteiger partial charge in [-0.2, -0.15) is 4.31 Å². The number of ether oxygens (including phenoxy) is 1. The minimum absolute atomic E-state index is 0.0285. The lowest BCUT2D eigenvalue weighted by atomic mass is 10.0. The van der Waals surface area contributed by atoms with Crippen molar-refractivity contribution in [2.24, 2.45) is 11.8 Å². The highest BCUT2D eigenvalue weighted by molar-refractivity contribution is 7.89. The van der Waals surface area contributed by atoms with E-state index in [9.17, 15) is 13.2 Å². The largest absolute Gasteiger partial charge is 0.368 e. The highest BCUT2D eigenvalue weighted by Crippen LogP contribution is 2.37. The van der Waals surface area contributed by atoms with Crippen LogP contribution in [-0.4, -0.2) is 62.4 Å². The summed E-state index contributed by atoms with van der Waals surface area (Å²) in [5.41, 5.74) is 0. The Balaban J connectivity index is 1.53. The van der Waals surface area contributed by atoms with E-state index >= 15 is 0 Å². The minimum Gasteiger partial charge on any atom is -0.368 e. The lowest BCUT2D eigenvalue weighted by Crippen LogP contribution is -2.39. The molecule has 0 bridgehead atoms. The fraction of sp³-hybridized carbons (Fsp3) is 0.588. The van der Waals surface area contributed by atoms with E-state index in [1.165, 1.54) is 16.4 Å². The molecular weight excluding hydrogens is 364 g/mol. The molecule has 2 heterocycles. The van der Waals surface area contributed by atoms with E-state index in [-0.39, 0.29) is 22.8 Å². The van der Waals surface area contributed by atoms with Gasteiger partial charge in [0, 0.05) is 31.1 Å². The number of nitrogens with zero attached hydrogens (tertiary/aromatic N) is 2. The molecule has 1 aliphatic carbocycles. The predicted molar refractivity (Wildman–Crippen MR) is 92.7 cm³/mol. The molecule has 1 aromatic rings. The number of hydrogen-bond donors (Lipinski definition) is 0.